The number of carbonyl (C=O) groups is 1. The summed E-state index contributed by atoms with van der Waals surface area (Å²) >= 11 is 1.40. The van der Waals surface area contributed by atoms with Crippen LogP contribution in [0.1, 0.15) is 24.3 Å². The van der Waals surface area contributed by atoms with Crippen LogP contribution in [0, 0.1) is 0 Å². The number of para-hydroxylation sites is 1. The van der Waals surface area contributed by atoms with Crippen molar-refractivity contribution < 1.29 is 15.0 Å². The molecule has 0 saturated carbocycles. The molecule has 3 rings (SSSR count). The number of hydrogen-bond acceptors (Lipinski definition) is 5. The minimum absolute atomic E-state index is 0.279. The number of nitrogens with zero attached hydrogens (tertiary/aromatic N) is 2. The topological polar surface area (TPSA) is 87.4 Å². The second kappa shape index (κ2) is 6.95. The van der Waals surface area contributed by atoms with Gasteiger partial charge in [-0.3, -0.25) is 4.79 Å². The van der Waals surface area contributed by atoms with Crippen molar-refractivity contribution in [2.45, 2.75) is 25.9 Å². The number of nitrogens with one attached hydrogen (secondary N) is 1. The molecule has 6 nitrogen and oxygen atoms in total. The number of aromatic nitrogens is 2. The highest BCUT2D eigenvalue weighted by atomic mass is 32.1. The van der Waals surface area contributed by atoms with Crippen LogP contribution in [0.5, 0.6) is 0 Å². The van der Waals surface area contributed by atoms with E-state index in [1.807, 2.05) is 12.1 Å². The van der Waals surface area contributed by atoms with Gasteiger partial charge in [0.25, 0.3) is 5.91 Å². The van der Waals surface area contributed by atoms with E-state index in [9.17, 15) is 15.0 Å². The molecule has 3 N–H and O–H groups in total. The Morgan fingerprint density at radius 3 is 2.72 bits per heavy atom. The third-order valence-corrected chi connectivity index (χ3v) is 5.06. The number of thiazole rings is 1. The monoisotopic (exact) mass is 359 g/mol. The minimum Gasteiger partial charge on any atom is -0.394 e. The van der Waals surface area contributed by atoms with Gasteiger partial charge >= 0.3 is 0 Å². The van der Waals surface area contributed by atoms with E-state index in [0.717, 1.165) is 28.1 Å². The lowest BCUT2D eigenvalue weighted by Gasteiger charge is -2.25. The lowest BCUT2D eigenvalue weighted by Crippen LogP contribution is -2.51. The molecular formula is C18H21N3O3S. The molecule has 0 atom stereocenters. The minimum atomic E-state index is -1.07. The zero-order chi connectivity index (χ0) is 18.0. The van der Waals surface area contributed by atoms with Crippen molar-refractivity contribution in [1.29, 1.82) is 0 Å². The molecule has 0 saturated heterocycles. The highest BCUT2D eigenvalue weighted by Gasteiger charge is 2.26. The van der Waals surface area contributed by atoms with Crippen molar-refractivity contribution in [3.05, 3.63) is 41.4 Å². The van der Waals surface area contributed by atoms with Crippen LogP contribution in [0.3, 0.4) is 0 Å². The Labute approximate surface area is 149 Å². The Kier molecular flexibility index (Phi) is 4.89. The summed E-state index contributed by atoms with van der Waals surface area (Å²) in [5, 5.41) is 24.8. The normalized spacial score (nSPS) is 11.8. The smallest absolute Gasteiger partial charge is 0.271 e. The zero-order valence-corrected chi connectivity index (χ0v) is 15.0. The quantitative estimate of drug-likeness (QED) is 0.630. The molecule has 0 fully saturated rings. The number of benzene rings is 1. The Hall–Kier alpha value is -2.22. The van der Waals surface area contributed by atoms with Crippen molar-refractivity contribution in [2.24, 2.45) is 0 Å². The van der Waals surface area contributed by atoms with Crippen LogP contribution in [0.2, 0.25) is 0 Å². The van der Waals surface area contributed by atoms with E-state index in [1.165, 1.54) is 11.3 Å². The van der Waals surface area contributed by atoms with Crippen molar-refractivity contribution in [2.75, 3.05) is 13.2 Å². The lowest BCUT2D eigenvalue weighted by atomic mass is 10.1. The Balaban J connectivity index is 1.93. The van der Waals surface area contributed by atoms with Gasteiger partial charge in [0.15, 0.2) is 0 Å². The van der Waals surface area contributed by atoms with Gasteiger partial charge in [0.1, 0.15) is 10.7 Å². The molecule has 2 heterocycles. The highest BCUT2D eigenvalue weighted by Crippen LogP contribution is 2.30. The van der Waals surface area contributed by atoms with E-state index in [2.05, 4.69) is 40.0 Å². The number of amides is 1. The summed E-state index contributed by atoms with van der Waals surface area (Å²) in [7, 11) is 0. The second-order valence-electron chi connectivity index (χ2n) is 6.20. The maximum absolute atomic E-state index is 12.4. The third kappa shape index (κ3) is 3.30. The van der Waals surface area contributed by atoms with Crippen molar-refractivity contribution in [3.63, 3.8) is 0 Å². The summed E-state index contributed by atoms with van der Waals surface area (Å²) in [4.78, 5) is 16.8. The molecule has 3 aromatic rings. The molecule has 7 heteroatoms. The summed E-state index contributed by atoms with van der Waals surface area (Å²) in [6.07, 6.45) is 0. The van der Waals surface area contributed by atoms with Crippen molar-refractivity contribution >= 4 is 28.1 Å². The first-order chi connectivity index (χ1) is 12.0. The predicted octanol–water partition coefficient (Wildman–Crippen LogP) is 2.26. The highest BCUT2D eigenvalue weighted by molar-refractivity contribution is 7.13. The van der Waals surface area contributed by atoms with Crippen LogP contribution in [0.15, 0.2) is 35.7 Å². The maximum atomic E-state index is 12.4. The lowest BCUT2D eigenvalue weighted by molar-refractivity contribution is 0.0720. The number of aliphatic hydroxyl groups is 2. The Morgan fingerprint density at radius 2 is 2.04 bits per heavy atom. The average molecular weight is 359 g/mol. The van der Waals surface area contributed by atoms with E-state index >= 15 is 0 Å². The zero-order valence-electron chi connectivity index (χ0n) is 14.2. The van der Waals surface area contributed by atoms with Gasteiger partial charge in [0, 0.05) is 22.8 Å². The van der Waals surface area contributed by atoms with Gasteiger partial charge < -0.3 is 20.1 Å². The van der Waals surface area contributed by atoms with E-state index in [4.69, 9.17) is 0 Å². The summed E-state index contributed by atoms with van der Waals surface area (Å²) in [5.41, 5.74) is 1.31. The molecule has 0 bridgehead atoms. The average Bonchev–Trinajstić information content (AvgIpc) is 3.25. The number of fused-ring (bicyclic) bond motifs is 1. The summed E-state index contributed by atoms with van der Waals surface area (Å²) in [6, 6.07) is 10.2. The first-order valence-electron chi connectivity index (χ1n) is 8.09. The van der Waals surface area contributed by atoms with E-state index in [0.29, 0.717) is 0 Å². The number of aryl methyl sites for hydroxylation is 1. The summed E-state index contributed by atoms with van der Waals surface area (Å²) < 4.78 is 2.17. The molecule has 0 aliphatic heterocycles. The molecule has 0 aliphatic rings. The van der Waals surface area contributed by atoms with E-state index in [1.54, 1.807) is 12.3 Å². The Morgan fingerprint density at radius 1 is 1.32 bits per heavy atom. The van der Waals surface area contributed by atoms with Gasteiger partial charge in [-0.25, -0.2) is 4.98 Å². The SMILES string of the molecule is CCn1c(-c2nc(C(=O)NC(C)(CO)CO)cs2)cc2ccccc21. The standard InChI is InChI=1S/C18H21N3O3S/c1-3-21-14-7-5-4-6-12(14)8-15(21)17-19-13(9-25-17)16(24)20-18(2,10-22)11-23/h4-9,22-23H,3,10-11H2,1-2H3,(H,20,24). The van der Waals surface area contributed by atoms with Crippen LogP contribution < -0.4 is 5.32 Å². The van der Waals surface area contributed by atoms with Crippen LogP contribution in [-0.2, 0) is 6.54 Å². The number of aliphatic hydroxyl groups excluding tert-OH is 2. The number of carbonyl (C=O) groups excluding carboxylic acids is 1. The summed E-state index contributed by atoms with van der Waals surface area (Å²) in [5.74, 6) is -0.410. The predicted molar refractivity (Wildman–Crippen MR) is 98.8 cm³/mol. The van der Waals surface area contributed by atoms with Gasteiger partial charge in [0.2, 0.25) is 0 Å². The molecule has 0 unspecified atom stereocenters. The molecule has 0 spiro atoms. The number of hydrogen-bond donors (Lipinski definition) is 3. The molecule has 0 radical (unpaired) electrons. The van der Waals surface area contributed by atoms with Crippen LogP contribution in [-0.4, -0.2) is 44.4 Å². The summed E-state index contributed by atoms with van der Waals surface area (Å²) in [6.45, 7) is 3.75. The van der Waals surface area contributed by atoms with Gasteiger partial charge in [-0.05, 0) is 26.0 Å². The maximum Gasteiger partial charge on any atom is 0.271 e. The van der Waals surface area contributed by atoms with E-state index < -0.39 is 11.4 Å². The second-order valence-corrected chi connectivity index (χ2v) is 7.06. The first-order valence-corrected chi connectivity index (χ1v) is 8.97. The third-order valence-electron chi connectivity index (χ3n) is 4.20. The van der Waals surface area contributed by atoms with Gasteiger partial charge in [-0.1, -0.05) is 18.2 Å². The molecule has 25 heavy (non-hydrogen) atoms. The Bertz CT molecular complexity index is 896. The molecular weight excluding hydrogens is 338 g/mol. The van der Waals surface area contributed by atoms with Crippen molar-refractivity contribution in [1.82, 2.24) is 14.9 Å². The van der Waals surface area contributed by atoms with Gasteiger partial charge in [-0.2, -0.15) is 0 Å². The van der Waals surface area contributed by atoms with E-state index in [-0.39, 0.29) is 18.9 Å². The fourth-order valence-electron chi connectivity index (χ4n) is 2.69. The van der Waals surface area contributed by atoms with Crippen molar-refractivity contribution in [3.8, 4) is 10.7 Å². The fourth-order valence-corrected chi connectivity index (χ4v) is 3.52. The number of rotatable bonds is 6. The molecule has 1 aromatic carbocycles. The van der Waals surface area contributed by atoms with Crippen LogP contribution >= 0.6 is 11.3 Å². The molecule has 1 amide bonds. The fraction of sp³-hybridized carbons (Fsp3) is 0.333. The largest absolute Gasteiger partial charge is 0.394 e. The van der Waals surface area contributed by atoms with Crippen LogP contribution in [0.4, 0.5) is 0 Å². The van der Waals surface area contributed by atoms with Crippen LogP contribution in [0.25, 0.3) is 21.6 Å². The molecule has 0 aliphatic carbocycles. The first kappa shape index (κ1) is 17.6. The van der Waals surface area contributed by atoms with Gasteiger partial charge in [0.05, 0.1) is 24.4 Å². The molecule has 2 aromatic heterocycles. The van der Waals surface area contributed by atoms with Gasteiger partial charge in [-0.15, -0.1) is 11.3 Å². The molecule has 132 valence electrons.